The van der Waals surface area contributed by atoms with Crippen molar-refractivity contribution in [1.29, 1.82) is 0 Å². The Hall–Kier alpha value is -6.70. The maximum atomic E-state index is 14.0. The first-order valence-corrected chi connectivity index (χ1v) is 21.7. The summed E-state index contributed by atoms with van der Waals surface area (Å²) in [6.07, 6.45) is 1.91. The van der Waals surface area contributed by atoms with Crippen LogP contribution in [0.1, 0.15) is 59.2 Å². The molecule has 0 radical (unpaired) electrons. The van der Waals surface area contributed by atoms with Gasteiger partial charge in [-0.1, -0.05) is 75.5 Å². The third-order valence-corrected chi connectivity index (χ3v) is 11.6. The summed E-state index contributed by atoms with van der Waals surface area (Å²) in [5, 5.41) is 6.33. The minimum absolute atomic E-state index is 0.0536. The van der Waals surface area contributed by atoms with Crippen LogP contribution in [0.5, 0.6) is 5.75 Å². The van der Waals surface area contributed by atoms with Gasteiger partial charge < -0.3 is 34.3 Å². The fourth-order valence-electron chi connectivity index (χ4n) is 7.56. The number of aryl methyl sites for hydroxylation is 1. The molecule has 4 aromatic rings. The van der Waals surface area contributed by atoms with E-state index in [0.29, 0.717) is 35.9 Å². The Bertz CT molecular complexity index is 2630. The number of anilines is 2. The van der Waals surface area contributed by atoms with E-state index in [1.54, 1.807) is 66.1 Å². The van der Waals surface area contributed by atoms with Gasteiger partial charge in [0.15, 0.2) is 17.3 Å². The lowest BCUT2D eigenvalue weighted by Crippen LogP contribution is -2.58. The van der Waals surface area contributed by atoms with Crippen LogP contribution in [0.3, 0.4) is 0 Å². The highest BCUT2D eigenvalue weighted by atomic mass is 35.5. The molecule has 16 heteroatoms. The lowest BCUT2D eigenvalue weighted by molar-refractivity contribution is -0.144. The van der Waals surface area contributed by atoms with Crippen molar-refractivity contribution in [1.82, 2.24) is 20.5 Å². The van der Waals surface area contributed by atoms with Gasteiger partial charge in [-0.15, -0.1) is 0 Å². The average molecular weight is 917 g/mol. The molecule has 2 aliphatic rings. The number of carbonyl (C=O) groups excluding carboxylic acids is 4. The van der Waals surface area contributed by atoms with Crippen LogP contribution in [0.2, 0.25) is 5.02 Å². The molecule has 3 aromatic carbocycles. The van der Waals surface area contributed by atoms with E-state index in [0.717, 1.165) is 16.8 Å². The molecule has 3 heterocycles. The highest BCUT2D eigenvalue weighted by Crippen LogP contribution is 2.39. The van der Waals surface area contributed by atoms with E-state index >= 15 is 0 Å². The molecule has 336 valence electrons. The van der Waals surface area contributed by atoms with E-state index in [1.165, 1.54) is 11.3 Å². The van der Waals surface area contributed by atoms with Gasteiger partial charge in [-0.05, 0) is 110 Å². The quantitative estimate of drug-likeness (QED) is 0.0608. The number of benzene rings is 3. The largest absolute Gasteiger partial charge is 0.481 e. The molecule has 2 N–H and O–H groups in total. The number of oxazole rings is 1. The molecule has 0 spiro atoms. The number of carbonyl (C=O) groups is 4. The van der Waals surface area contributed by atoms with Gasteiger partial charge in [0.25, 0.3) is 5.91 Å². The van der Waals surface area contributed by atoms with Crippen LogP contribution in [0, 0.1) is 48.5 Å². The Morgan fingerprint density at radius 1 is 1.05 bits per heavy atom. The van der Waals surface area contributed by atoms with Crippen molar-refractivity contribution in [3.8, 4) is 40.8 Å². The summed E-state index contributed by atoms with van der Waals surface area (Å²) in [6, 6.07) is 17.9. The Kier molecular flexibility index (Phi) is 15.0. The van der Waals surface area contributed by atoms with E-state index in [-0.39, 0.29) is 65.8 Å². The number of nitrogens with zero attached hydrogens (tertiary/aromatic N) is 5. The number of amides is 4. The lowest BCUT2D eigenvalue weighted by Gasteiger charge is -2.35. The highest BCUT2D eigenvalue weighted by molar-refractivity contribution is 7.81. The van der Waals surface area contributed by atoms with E-state index < -0.39 is 28.9 Å². The van der Waals surface area contributed by atoms with Crippen molar-refractivity contribution < 1.29 is 33.1 Å². The molecule has 0 bridgehead atoms. The van der Waals surface area contributed by atoms with Crippen molar-refractivity contribution in [2.75, 3.05) is 36.2 Å². The fourth-order valence-corrected chi connectivity index (χ4v) is 8.30. The van der Waals surface area contributed by atoms with E-state index in [1.807, 2.05) is 58.9 Å². The van der Waals surface area contributed by atoms with Gasteiger partial charge in [0, 0.05) is 29.4 Å². The van der Waals surface area contributed by atoms with Crippen molar-refractivity contribution >= 4 is 69.6 Å². The first-order valence-electron chi connectivity index (χ1n) is 20.9. The third kappa shape index (κ3) is 11.2. The van der Waals surface area contributed by atoms with Gasteiger partial charge in [0.2, 0.25) is 23.4 Å². The number of ether oxygens (including phenoxy) is 2. The molecule has 65 heavy (non-hydrogen) atoms. The minimum Gasteiger partial charge on any atom is -0.481 e. The van der Waals surface area contributed by atoms with Crippen LogP contribution < -0.4 is 25.2 Å². The smallest absolute Gasteiger partial charge is 0.259 e. The summed E-state index contributed by atoms with van der Waals surface area (Å²) in [6.45, 7) is 20.6. The van der Waals surface area contributed by atoms with Crippen LogP contribution in [-0.2, 0) is 30.5 Å². The number of rotatable bonds is 13. The van der Waals surface area contributed by atoms with E-state index in [2.05, 4.69) is 44.1 Å². The van der Waals surface area contributed by atoms with Crippen molar-refractivity contribution in [2.45, 2.75) is 79.1 Å². The average Bonchev–Trinajstić information content (AvgIpc) is 3.93. The normalized spacial score (nSPS) is 17.1. The number of aromatic nitrogens is 1. The summed E-state index contributed by atoms with van der Waals surface area (Å²) >= 11 is 12.0. The van der Waals surface area contributed by atoms with Gasteiger partial charge in [-0.3, -0.25) is 24.1 Å². The number of thiocarbonyl (C=S) groups is 1. The molecular weight excluding hydrogens is 866 g/mol. The van der Waals surface area contributed by atoms with E-state index in [4.69, 9.17) is 44.3 Å². The van der Waals surface area contributed by atoms with Gasteiger partial charge in [0.05, 0.1) is 18.0 Å². The molecule has 6 rings (SSSR count). The topological polar surface area (TPSA) is 151 Å². The fraction of sp³-hybridized carbons (Fsp3) is 0.367. The van der Waals surface area contributed by atoms with Crippen molar-refractivity contribution in [3.63, 3.8) is 0 Å². The number of halogens is 1. The monoisotopic (exact) mass is 915 g/mol. The molecular formula is C49H50ClN7O7S. The Morgan fingerprint density at radius 3 is 2.35 bits per heavy atom. The summed E-state index contributed by atoms with van der Waals surface area (Å²) in [7, 11) is 0. The Labute approximate surface area is 389 Å². The molecule has 2 saturated heterocycles. The van der Waals surface area contributed by atoms with Gasteiger partial charge in [-0.25, -0.2) is 9.83 Å². The SMILES string of the molecule is [C-]#[N+]c1ccc(N2C(=O)C(C)(C)N(c3ccc(OCC#CC#CCOCC(=O)N[C@H](C(=O)N4C[C@H](C)C[C@H]4C(=O)NCc4ccc(-c5ocnc5C)cc4)C(C)(C)C)cc3)C2=S)cc1Cl. The first kappa shape index (κ1) is 47.8. The first-order chi connectivity index (χ1) is 30.9. The second-order valence-electron chi connectivity index (χ2n) is 17.3. The molecule has 0 unspecified atom stereocenters. The Morgan fingerprint density at radius 2 is 1.72 bits per heavy atom. The minimum atomic E-state index is -0.997. The van der Waals surface area contributed by atoms with Crippen LogP contribution in [-0.4, -0.2) is 82.6 Å². The summed E-state index contributed by atoms with van der Waals surface area (Å²) in [5.41, 5.74) is 2.36. The van der Waals surface area contributed by atoms with Crippen molar-refractivity contribution in [2.24, 2.45) is 11.3 Å². The molecule has 1 aromatic heterocycles. The zero-order chi connectivity index (χ0) is 47.1. The zero-order valence-corrected chi connectivity index (χ0v) is 38.9. The molecule has 4 amide bonds. The highest BCUT2D eigenvalue weighted by Gasteiger charge is 2.50. The molecule has 14 nitrogen and oxygen atoms in total. The van der Waals surface area contributed by atoms with E-state index in [9.17, 15) is 19.2 Å². The number of hydrogen-bond acceptors (Lipinski definition) is 9. The molecule has 2 fully saturated rings. The summed E-state index contributed by atoms with van der Waals surface area (Å²) in [4.78, 5) is 66.3. The predicted octanol–water partition coefficient (Wildman–Crippen LogP) is 7.26. The second kappa shape index (κ2) is 20.4. The predicted molar refractivity (Wildman–Crippen MR) is 252 cm³/mol. The number of nitrogens with one attached hydrogen (secondary N) is 2. The summed E-state index contributed by atoms with van der Waals surface area (Å²) < 4.78 is 16.7. The van der Waals surface area contributed by atoms with Crippen LogP contribution in [0.4, 0.5) is 17.1 Å². The van der Waals surface area contributed by atoms with Gasteiger partial charge >= 0.3 is 0 Å². The number of hydrogen-bond donors (Lipinski definition) is 2. The van der Waals surface area contributed by atoms with Crippen LogP contribution in [0.15, 0.2) is 77.5 Å². The third-order valence-electron chi connectivity index (χ3n) is 11.0. The standard InChI is InChI=1S/C49H50ClN7O7S/c1-31-25-40(44(59)52-27-33-13-15-34(16-14-33)42-32(2)53-30-64-42)55(28-31)45(60)43(48(3,4)5)54-41(58)29-62-23-11-9-10-12-24-63-37-20-17-35(18-21-37)57-47(65)56(46(61)49(57,6)7)36-19-22-39(51-8)38(50)26-36/h13-22,26,30-31,40,43H,23-25,27-29H2,1-7H3,(H,52,59)(H,54,58)/t31-,40+,43-/m1/s1. The van der Waals surface area contributed by atoms with Crippen LogP contribution in [0.25, 0.3) is 16.2 Å². The van der Waals surface area contributed by atoms with Crippen LogP contribution >= 0.6 is 23.8 Å². The molecule has 0 saturated carbocycles. The van der Waals surface area contributed by atoms with Crippen molar-refractivity contribution in [3.05, 3.63) is 101 Å². The van der Waals surface area contributed by atoms with Gasteiger partial charge in [-0.2, -0.15) is 0 Å². The number of likely N-dealkylation sites (tertiary alicyclic amines) is 1. The lowest BCUT2D eigenvalue weighted by atomic mass is 9.85. The maximum Gasteiger partial charge on any atom is 0.259 e. The zero-order valence-electron chi connectivity index (χ0n) is 37.3. The second-order valence-corrected chi connectivity index (χ2v) is 18.1. The molecule has 2 aliphatic heterocycles. The summed E-state index contributed by atoms with van der Waals surface area (Å²) in [5.74, 6) is 11.0. The molecule has 3 atom stereocenters. The molecule has 0 aliphatic carbocycles. The maximum absolute atomic E-state index is 14.0. The van der Waals surface area contributed by atoms with Gasteiger partial charge in [0.1, 0.15) is 43.2 Å². The Balaban J connectivity index is 0.943.